The van der Waals surface area contributed by atoms with Crippen LogP contribution in [0.25, 0.3) is 5.65 Å². The molecule has 12 nitrogen and oxygen atoms in total. The molecule has 0 unspecified atom stereocenters. The van der Waals surface area contributed by atoms with Crippen molar-refractivity contribution in [1.29, 1.82) is 0 Å². The topological polar surface area (TPSA) is 168 Å². The van der Waals surface area contributed by atoms with Gasteiger partial charge >= 0.3 is 35.4 Å². The second-order valence-corrected chi connectivity index (χ2v) is 6.13. The number of anilines is 1. The van der Waals surface area contributed by atoms with Crippen LogP contribution < -0.4 is 35.0 Å². The first kappa shape index (κ1) is 20.0. The summed E-state index contributed by atoms with van der Waals surface area (Å²) in [6.45, 7) is 1.60. The van der Waals surface area contributed by atoms with Crippen molar-refractivity contribution in [3.8, 4) is 0 Å². The summed E-state index contributed by atoms with van der Waals surface area (Å²) < 4.78 is 39.7. The van der Waals surface area contributed by atoms with E-state index in [0.29, 0.717) is 5.69 Å². The number of hydrogen-bond acceptors (Lipinski definition) is 10. The van der Waals surface area contributed by atoms with Crippen molar-refractivity contribution in [3.05, 3.63) is 46.0 Å². The molecule has 0 bridgehead atoms. The van der Waals surface area contributed by atoms with Crippen molar-refractivity contribution < 1.29 is 51.9 Å². The number of nitrogens with zero attached hydrogens (tertiary/aromatic N) is 5. The Labute approximate surface area is 168 Å². The van der Waals surface area contributed by atoms with Crippen molar-refractivity contribution in [2.45, 2.75) is 11.8 Å². The minimum Gasteiger partial charge on any atom is -0.744 e. The molecule has 3 aromatic rings. The van der Waals surface area contributed by atoms with Crippen molar-refractivity contribution >= 4 is 33.7 Å². The average Bonchev–Trinajstić information content (AvgIpc) is 3.12. The third-order valence-electron chi connectivity index (χ3n) is 3.00. The van der Waals surface area contributed by atoms with E-state index in [-0.39, 0.29) is 46.8 Å². The summed E-state index contributed by atoms with van der Waals surface area (Å²) in [6, 6.07) is 4.05. The van der Waals surface area contributed by atoms with E-state index in [1.807, 2.05) is 0 Å². The SMILES string of the molecule is Cc1cc(N/N=C/c2ccc([N+](=O)[O-])o2)n2ncc(S(=O)(=O)[O-])c2n1.[Na+]. The molecule has 0 atom stereocenters. The molecule has 0 aromatic carbocycles. The Morgan fingerprint density at radius 3 is 2.77 bits per heavy atom. The van der Waals surface area contributed by atoms with Crippen LogP contribution in [-0.4, -0.2) is 38.7 Å². The molecule has 130 valence electrons. The smallest absolute Gasteiger partial charge is 0.744 e. The van der Waals surface area contributed by atoms with Gasteiger partial charge in [0, 0.05) is 11.8 Å². The van der Waals surface area contributed by atoms with E-state index in [0.717, 1.165) is 10.7 Å². The average molecular weight is 388 g/mol. The van der Waals surface area contributed by atoms with Gasteiger partial charge in [-0.15, -0.1) is 0 Å². The summed E-state index contributed by atoms with van der Waals surface area (Å²) in [5.41, 5.74) is 2.87. The zero-order chi connectivity index (χ0) is 18.2. The van der Waals surface area contributed by atoms with E-state index >= 15 is 0 Å². The van der Waals surface area contributed by atoms with Gasteiger partial charge in [-0.05, 0) is 13.0 Å². The molecule has 3 aromatic heterocycles. The van der Waals surface area contributed by atoms with Gasteiger partial charge in [0.25, 0.3) is 0 Å². The normalized spacial score (nSPS) is 11.6. The molecule has 0 aliphatic heterocycles. The molecular weight excluding hydrogens is 379 g/mol. The van der Waals surface area contributed by atoms with Crippen LogP contribution in [-0.2, 0) is 10.1 Å². The minimum atomic E-state index is -4.73. The number of hydrazone groups is 1. The first-order valence-electron chi connectivity index (χ1n) is 6.60. The van der Waals surface area contributed by atoms with E-state index in [1.165, 1.54) is 24.4 Å². The Morgan fingerprint density at radius 2 is 2.15 bits per heavy atom. The van der Waals surface area contributed by atoms with Gasteiger partial charge in [0.15, 0.2) is 17.2 Å². The predicted molar refractivity (Wildman–Crippen MR) is 82.3 cm³/mol. The fraction of sp³-hybridized carbons (Fsp3) is 0.0833. The number of nitrogens with one attached hydrogen (secondary N) is 1. The molecule has 0 amide bonds. The van der Waals surface area contributed by atoms with Crippen molar-refractivity contribution in [2.24, 2.45) is 5.10 Å². The molecule has 26 heavy (non-hydrogen) atoms. The molecule has 14 heteroatoms. The molecule has 0 saturated carbocycles. The van der Waals surface area contributed by atoms with Gasteiger partial charge in [-0.2, -0.15) is 14.7 Å². The first-order valence-corrected chi connectivity index (χ1v) is 8.01. The van der Waals surface area contributed by atoms with Crippen molar-refractivity contribution in [1.82, 2.24) is 14.6 Å². The molecular formula is C12H9N6NaO6S. The number of nitro groups is 1. The number of fused-ring (bicyclic) bond motifs is 1. The summed E-state index contributed by atoms with van der Waals surface area (Å²) in [5.74, 6) is -0.0693. The van der Waals surface area contributed by atoms with Gasteiger partial charge in [0.05, 0.1) is 18.5 Å². The fourth-order valence-electron chi connectivity index (χ4n) is 1.99. The summed E-state index contributed by atoms with van der Waals surface area (Å²) in [7, 11) is -4.73. The summed E-state index contributed by atoms with van der Waals surface area (Å²) >= 11 is 0. The van der Waals surface area contributed by atoms with Crippen LogP contribution in [0.2, 0.25) is 0 Å². The van der Waals surface area contributed by atoms with E-state index in [4.69, 9.17) is 4.42 Å². The molecule has 0 fully saturated rings. The maximum atomic E-state index is 11.2. The quantitative estimate of drug-likeness (QED) is 0.169. The Bertz CT molecular complexity index is 1100. The zero-order valence-electron chi connectivity index (χ0n) is 13.5. The first-order chi connectivity index (χ1) is 11.8. The van der Waals surface area contributed by atoms with Gasteiger partial charge in [-0.25, -0.2) is 13.4 Å². The van der Waals surface area contributed by atoms with Crippen LogP contribution in [0.1, 0.15) is 11.5 Å². The number of furan rings is 1. The van der Waals surface area contributed by atoms with Gasteiger partial charge in [-0.3, -0.25) is 15.5 Å². The molecule has 1 N–H and O–H groups in total. The third-order valence-corrected chi connectivity index (χ3v) is 3.83. The summed E-state index contributed by atoms with van der Waals surface area (Å²) in [4.78, 5) is 13.3. The maximum absolute atomic E-state index is 11.2. The second-order valence-electron chi connectivity index (χ2n) is 4.78. The second kappa shape index (κ2) is 7.51. The number of hydrogen-bond donors (Lipinski definition) is 1. The van der Waals surface area contributed by atoms with Crippen LogP contribution in [0.5, 0.6) is 0 Å². The molecule has 0 saturated heterocycles. The van der Waals surface area contributed by atoms with Crippen LogP contribution in [0.15, 0.2) is 38.8 Å². The molecule has 0 spiro atoms. The zero-order valence-corrected chi connectivity index (χ0v) is 16.3. The molecule has 0 radical (unpaired) electrons. The fourth-order valence-corrected chi connectivity index (χ4v) is 2.52. The van der Waals surface area contributed by atoms with Gasteiger partial charge in [0.1, 0.15) is 19.9 Å². The van der Waals surface area contributed by atoms with E-state index < -0.39 is 25.8 Å². The maximum Gasteiger partial charge on any atom is 1.00 e. The van der Waals surface area contributed by atoms with Crippen LogP contribution in [0, 0.1) is 17.0 Å². The van der Waals surface area contributed by atoms with Crippen LogP contribution in [0.3, 0.4) is 0 Å². The van der Waals surface area contributed by atoms with E-state index in [1.54, 1.807) is 6.92 Å². The van der Waals surface area contributed by atoms with Gasteiger partial charge in [-0.1, -0.05) is 0 Å². The summed E-state index contributed by atoms with van der Waals surface area (Å²) in [5, 5.41) is 18.2. The van der Waals surface area contributed by atoms with Gasteiger partial charge < -0.3 is 8.97 Å². The summed E-state index contributed by atoms with van der Waals surface area (Å²) in [6.07, 6.45) is 2.08. The Kier molecular flexibility index (Phi) is 5.77. The predicted octanol–water partition coefficient (Wildman–Crippen LogP) is -2.11. The largest absolute Gasteiger partial charge is 1.00 e. The molecule has 3 heterocycles. The van der Waals surface area contributed by atoms with E-state index in [2.05, 4.69) is 20.6 Å². The molecule has 3 rings (SSSR count). The van der Waals surface area contributed by atoms with Gasteiger partial charge in [0.2, 0.25) is 0 Å². The number of aryl methyl sites for hydroxylation is 1. The van der Waals surface area contributed by atoms with Crippen molar-refractivity contribution in [2.75, 3.05) is 5.43 Å². The van der Waals surface area contributed by atoms with Crippen molar-refractivity contribution in [3.63, 3.8) is 0 Å². The monoisotopic (exact) mass is 388 g/mol. The third kappa shape index (κ3) is 4.08. The Balaban J connectivity index is 0.00000243. The molecule has 0 aliphatic rings. The molecule has 0 aliphatic carbocycles. The number of rotatable bonds is 5. The number of aromatic nitrogens is 3. The minimum absolute atomic E-state index is 0. The standard InChI is InChI=1S/C12H10N6O6S.Na/c1-7-4-10(16-13-5-8-2-3-11(24-8)18(19)20)17-12(15-7)9(6-14-17)25(21,22)23;/h2-6,16H,1H3,(H,21,22,23);/q;+1/p-1/b13-5+;. The Morgan fingerprint density at radius 1 is 1.42 bits per heavy atom. The Hall–Kier alpha value is -2.32. The van der Waals surface area contributed by atoms with Crippen LogP contribution >= 0.6 is 0 Å². The van der Waals surface area contributed by atoms with Crippen LogP contribution in [0.4, 0.5) is 11.7 Å². The van der Waals surface area contributed by atoms with E-state index in [9.17, 15) is 23.1 Å².